The van der Waals surface area contributed by atoms with E-state index in [0.29, 0.717) is 6.42 Å². The summed E-state index contributed by atoms with van der Waals surface area (Å²) in [5.74, 6) is 0.731. The minimum atomic E-state index is -0.0567. The van der Waals surface area contributed by atoms with Crippen LogP contribution in [-0.4, -0.2) is 14.8 Å². The molecule has 0 aliphatic heterocycles. The van der Waals surface area contributed by atoms with E-state index in [1.807, 2.05) is 56.3 Å². The molecule has 0 spiro atoms. The first-order valence-corrected chi connectivity index (χ1v) is 6.92. The Morgan fingerprint density at radius 3 is 2.52 bits per heavy atom. The summed E-state index contributed by atoms with van der Waals surface area (Å²) in [6.45, 7) is 3.93. The van der Waals surface area contributed by atoms with Crippen molar-refractivity contribution in [3.05, 3.63) is 81.4 Å². The molecule has 3 aromatic rings. The van der Waals surface area contributed by atoms with E-state index in [0.717, 1.165) is 28.2 Å². The van der Waals surface area contributed by atoms with Crippen LogP contribution in [0, 0.1) is 13.8 Å². The Labute approximate surface area is 123 Å². The molecule has 0 fully saturated rings. The molecule has 3 rings (SSSR count). The van der Waals surface area contributed by atoms with Gasteiger partial charge in [0.2, 0.25) is 0 Å². The van der Waals surface area contributed by atoms with Gasteiger partial charge in [-0.3, -0.25) is 9.89 Å². The molecule has 4 heteroatoms. The maximum Gasteiger partial charge on any atom is 0.268 e. The molecule has 106 valence electrons. The Balaban J connectivity index is 2.01. The van der Waals surface area contributed by atoms with Crippen molar-refractivity contribution in [3.8, 4) is 5.82 Å². The van der Waals surface area contributed by atoms with Crippen molar-refractivity contribution in [1.82, 2.24) is 14.8 Å². The maximum atomic E-state index is 12.2. The van der Waals surface area contributed by atoms with Crippen molar-refractivity contribution in [2.75, 3.05) is 0 Å². The van der Waals surface area contributed by atoms with Gasteiger partial charge < -0.3 is 0 Å². The highest BCUT2D eigenvalue weighted by Gasteiger charge is 2.13. The maximum absolute atomic E-state index is 12.2. The average molecular weight is 279 g/mol. The van der Waals surface area contributed by atoms with Crippen molar-refractivity contribution >= 4 is 0 Å². The van der Waals surface area contributed by atoms with Gasteiger partial charge in [-0.1, -0.05) is 36.4 Å². The third kappa shape index (κ3) is 2.65. The zero-order valence-electron chi connectivity index (χ0n) is 12.1. The molecular formula is C17H17N3O. The van der Waals surface area contributed by atoms with E-state index in [9.17, 15) is 4.79 Å². The smallest absolute Gasteiger partial charge is 0.268 e. The summed E-state index contributed by atoms with van der Waals surface area (Å²) < 4.78 is 1.75. The number of aromatic nitrogens is 3. The van der Waals surface area contributed by atoms with Gasteiger partial charge in [-0.2, -0.15) is 0 Å². The lowest BCUT2D eigenvalue weighted by Gasteiger charge is -2.05. The van der Waals surface area contributed by atoms with Gasteiger partial charge in [0.25, 0.3) is 5.56 Å². The fraction of sp³-hybridized carbons (Fsp3) is 0.176. The highest BCUT2D eigenvalue weighted by molar-refractivity contribution is 5.32. The van der Waals surface area contributed by atoms with Gasteiger partial charge in [-0.25, -0.2) is 9.67 Å². The van der Waals surface area contributed by atoms with E-state index in [1.165, 1.54) is 0 Å². The number of hydrogen-bond donors (Lipinski definition) is 1. The van der Waals surface area contributed by atoms with Gasteiger partial charge in [-0.15, -0.1) is 0 Å². The van der Waals surface area contributed by atoms with Crippen LogP contribution in [0.4, 0.5) is 0 Å². The van der Waals surface area contributed by atoms with E-state index in [4.69, 9.17) is 0 Å². The van der Waals surface area contributed by atoms with Crippen LogP contribution in [0.2, 0.25) is 0 Å². The van der Waals surface area contributed by atoms with Crippen LogP contribution in [0.25, 0.3) is 5.82 Å². The first-order chi connectivity index (χ1) is 10.1. The molecule has 0 aliphatic rings. The van der Waals surface area contributed by atoms with E-state index in [2.05, 4.69) is 10.1 Å². The Kier molecular flexibility index (Phi) is 3.44. The second-order valence-electron chi connectivity index (χ2n) is 5.20. The summed E-state index contributed by atoms with van der Waals surface area (Å²) in [5.41, 5.74) is 3.85. The van der Waals surface area contributed by atoms with Crippen molar-refractivity contribution in [3.63, 3.8) is 0 Å². The first-order valence-electron chi connectivity index (χ1n) is 6.92. The predicted octanol–water partition coefficient (Wildman–Crippen LogP) is 2.77. The van der Waals surface area contributed by atoms with Gasteiger partial charge in [0.15, 0.2) is 5.82 Å². The summed E-state index contributed by atoms with van der Waals surface area (Å²) in [6, 6.07) is 13.9. The second kappa shape index (κ2) is 5.40. The number of H-pyrrole nitrogens is 1. The number of pyridine rings is 1. The third-order valence-electron chi connectivity index (χ3n) is 3.61. The van der Waals surface area contributed by atoms with Crippen LogP contribution in [0.3, 0.4) is 0 Å². The lowest BCUT2D eigenvalue weighted by atomic mass is 10.1. The highest BCUT2D eigenvalue weighted by atomic mass is 16.1. The van der Waals surface area contributed by atoms with Gasteiger partial charge in [0.05, 0.1) is 0 Å². The third-order valence-corrected chi connectivity index (χ3v) is 3.61. The number of aromatic amines is 1. The molecule has 0 radical (unpaired) electrons. The van der Waals surface area contributed by atoms with E-state index < -0.39 is 0 Å². The van der Waals surface area contributed by atoms with Crippen molar-refractivity contribution in [2.45, 2.75) is 20.3 Å². The number of hydrogen-bond acceptors (Lipinski definition) is 2. The zero-order valence-corrected chi connectivity index (χ0v) is 12.1. The van der Waals surface area contributed by atoms with Crippen LogP contribution < -0.4 is 5.56 Å². The van der Waals surface area contributed by atoms with E-state index in [1.54, 1.807) is 10.9 Å². The molecular weight excluding hydrogens is 262 g/mol. The number of nitrogens with one attached hydrogen (secondary N) is 1. The van der Waals surface area contributed by atoms with Gasteiger partial charge in [-0.05, 0) is 31.0 Å². The minimum Gasteiger partial charge on any atom is -0.268 e. The molecule has 0 unspecified atom stereocenters. The van der Waals surface area contributed by atoms with E-state index in [-0.39, 0.29) is 5.56 Å². The number of nitrogens with zero attached hydrogens (tertiary/aromatic N) is 2. The van der Waals surface area contributed by atoms with Crippen LogP contribution >= 0.6 is 0 Å². The largest absolute Gasteiger partial charge is 0.268 e. The molecule has 0 saturated heterocycles. The molecule has 21 heavy (non-hydrogen) atoms. The minimum absolute atomic E-state index is 0.0567. The van der Waals surface area contributed by atoms with Crippen LogP contribution in [0.1, 0.15) is 22.4 Å². The Bertz CT molecular complexity index is 798. The van der Waals surface area contributed by atoms with Crippen molar-refractivity contribution in [1.29, 1.82) is 0 Å². The lowest BCUT2D eigenvalue weighted by Crippen LogP contribution is -2.08. The van der Waals surface area contributed by atoms with E-state index >= 15 is 0 Å². The van der Waals surface area contributed by atoms with Gasteiger partial charge in [0, 0.05) is 23.9 Å². The summed E-state index contributed by atoms with van der Waals surface area (Å²) in [5, 5.41) is 2.87. The molecule has 0 bridgehead atoms. The Morgan fingerprint density at radius 1 is 1.10 bits per heavy atom. The van der Waals surface area contributed by atoms with Crippen LogP contribution in [-0.2, 0) is 6.42 Å². The standard InChI is InChI=1S/C17H17N3O/c1-12-8-9-16(18-11-12)20-13(2)15(17(21)19-20)10-14-6-4-3-5-7-14/h3-9,11H,10H2,1-2H3,(H,19,21). The molecule has 4 nitrogen and oxygen atoms in total. The topological polar surface area (TPSA) is 50.7 Å². The summed E-state index contributed by atoms with van der Waals surface area (Å²) >= 11 is 0. The summed E-state index contributed by atoms with van der Waals surface area (Å²) in [4.78, 5) is 16.6. The molecule has 1 aromatic carbocycles. The van der Waals surface area contributed by atoms with Crippen molar-refractivity contribution < 1.29 is 0 Å². The van der Waals surface area contributed by atoms with Gasteiger partial charge in [0.1, 0.15) is 0 Å². The SMILES string of the molecule is Cc1ccc(-n2[nH]c(=O)c(Cc3ccccc3)c2C)nc1. The normalized spacial score (nSPS) is 10.8. The summed E-state index contributed by atoms with van der Waals surface area (Å²) in [6.07, 6.45) is 2.42. The van der Waals surface area contributed by atoms with Crippen LogP contribution in [0.5, 0.6) is 0 Å². The number of aryl methyl sites for hydroxylation is 1. The Hall–Kier alpha value is -2.62. The first kappa shape index (κ1) is 13.4. The zero-order chi connectivity index (χ0) is 14.8. The molecule has 0 saturated carbocycles. The molecule has 0 aliphatic carbocycles. The van der Waals surface area contributed by atoms with Crippen LogP contribution in [0.15, 0.2) is 53.5 Å². The molecule has 0 atom stereocenters. The summed E-state index contributed by atoms with van der Waals surface area (Å²) in [7, 11) is 0. The molecule has 2 aromatic heterocycles. The molecule has 0 amide bonds. The fourth-order valence-electron chi connectivity index (χ4n) is 2.38. The predicted molar refractivity (Wildman–Crippen MR) is 82.9 cm³/mol. The van der Waals surface area contributed by atoms with Gasteiger partial charge >= 0.3 is 0 Å². The highest BCUT2D eigenvalue weighted by Crippen LogP contribution is 2.13. The molecule has 1 N–H and O–H groups in total. The monoisotopic (exact) mass is 279 g/mol. The lowest BCUT2D eigenvalue weighted by molar-refractivity contribution is 0.804. The quantitative estimate of drug-likeness (QED) is 0.801. The number of benzene rings is 1. The number of rotatable bonds is 3. The second-order valence-corrected chi connectivity index (χ2v) is 5.20. The van der Waals surface area contributed by atoms with Crippen molar-refractivity contribution in [2.24, 2.45) is 0 Å². The average Bonchev–Trinajstić information content (AvgIpc) is 2.77. The molecule has 2 heterocycles. The Morgan fingerprint density at radius 2 is 1.86 bits per heavy atom. The fourth-order valence-corrected chi connectivity index (χ4v) is 2.38.